The van der Waals surface area contributed by atoms with Gasteiger partial charge in [-0.1, -0.05) is 12.1 Å². The molecule has 0 atom stereocenters. The van der Waals surface area contributed by atoms with Gasteiger partial charge >= 0.3 is 5.97 Å². The number of H-pyrrole nitrogens is 1. The zero-order valence-electron chi connectivity index (χ0n) is 12.1. The lowest BCUT2D eigenvalue weighted by Crippen LogP contribution is -2.36. The summed E-state index contributed by atoms with van der Waals surface area (Å²) in [6.45, 7) is 1.59. The summed E-state index contributed by atoms with van der Waals surface area (Å²) in [6.07, 6.45) is 3.48. The Labute approximate surface area is 127 Å². The van der Waals surface area contributed by atoms with Crippen LogP contribution in [0.2, 0.25) is 0 Å². The van der Waals surface area contributed by atoms with Gasteiger partial charge in [0.2, 0.25) is 0 Å². The molecule has 0 saturated carbocycles. The second-order valence-electron chi connectivity index (χ2n) is 5.65. The van der Waals surface area contributed by atoms with Crippen LogP contribution >= 0.6 is 0 Å². The predicted molar refractivity (Wildman–Crippen MR) is 80.0 cm³/mol. The van der Waals surface area contributed by atoms with Crippen molar-refractivity contribution in [3.8, 4) is 11.1 Å². The lowest BCUT2D eigenvalue weighted by atomic mass is 9.89. The number of piperidine rings is 1. The molecule has 1 fully saturated rings. The molecule has 1 saturated heterocycles. The molecule has 1 aliphatic rings. The van der Waals surface area contributed by atoms with Crippen molar-refractivity contribution in [2.75, 3.05) is 19.6 Å². The highest BCUT2D eigenvalue weighted by atomic mass is 19.1. The van der Waals surface area contributed by atoms with Crippen LogP contribution in [0.4, 0.5) is 4.39 Å². The van der Waals surface area contributed by atoms with Crippen molar-refractivity contribution in [1.29, 1.82) is 0 Å². The molecule has 2 heterocycles. The van der Waals surface area contributed by atoms with Crippen LogP contribution in [-0.2, 0) is 4.79 Å². The van der Waals surface area contributed by atoms with Crippen molar-refractivity contribution in [3.05, 3.63) is 42.0 Å². The molecule has 0 spiro atoms. The Morgan fingerprint density at radius 1 is 1.41 bits per heavy atom. The third-order valence-corrected chi connectivity index (χ3v) is 4.16. The van der Waals surface area contributed by atoms with E-state index in [1.54, 1.807) is 12.3 Å². The van der Waals surface area contributed by atoms with Crippen LogP contribution in [0.1, 0.15) is 24.5 Å². The minimum atomic E-state index is -0.791. The lowest BCUT2D eigenvalue weighted by molar-refractivity contribution is -0.138. The van der Waals surface area contributed by atoms with E-state index < -0.39 is 5.97 Å². The van der Waals surface area contributed by atoms with Gasteiger partial charge in [0.1, 0.15) is 5.82 Å². The lowest BCUT2D eigenvalue weighted by Gasteiger charge is -2.30. The first kappa shape index (κ1) is 14.7. The van der Waals surface area contributed by atoms with Crippen LogP contribution < -0.4 is 0 Å². The zero-order chi connectivity index (χ0) is 15.5. The summed E-state index contributed by atoms with van der Waals surface area (Å²) >= 11 is 0. The highest BCUT2D eigenvalue weighted by Crippen LogP contribution is 2.33. The van der Waals surface area contributed by atoms with Crippen LogP contribution in [0.5, 0.6) is 0 Å². The summed E-state index contributed by atoms with van der Waals surface area (Å²) in [7, 11) is 0. The number of rotatable bonds is 4. The van der Waals surface area contributed by atoms with E-state index in [1.807, 2.05) is 11.0 Å². The van der Waals surface area contributed by atoms with Gasteiger partial charge in [0.05, 0.1) is 12.7 Å². The van der Waals surface area contributed by atoms with E-state index in [9.17, 15) is 9.18 Å². The van der Waals surface area contributed by atoms with Crippen LogP contribution in [0.3, 0.4) is 0 Å². The molecule has 1 aliphatic heterocycles. The van der Waals surface area contributed by atoms with E-state index in [2.05, 4.69) is 10.2 Å². The topological polar surface area (TPSA) is 69.2 Å². The maximum atomic E-state index is 13.4. The first-order valence-corrected chi connectivity index (χ1v) is 7.37. The standard InChI is InChI=1S/C16H18FN3O2/c17-13-3-1-2-12(8-13)14-9-18-19-16(14)11-4-6-20(7-5-11)10-15(21)22/h1-3,8-9,11H,4-7,10H2,(H,18,19)(H,21,22). The van der Waals surface area contributed by atoms with Gasteiger partial charge in [-0.25, -0.2) is 4.39 Å². The summed E-state index contributed by atoms with van der Waals surface area (Å²) in [6, 6.07) is 6.50. The molecule has 5 nitrogen and oxygen atoms in total. The molecule has 6 heteroatoms. The molecule has 116 valence electrons. The molecule has 1 aromatic carbocycles. The molecule has 3 rings (SSSR count). The van der Waals surface area contributed by atoms with Crippen LogP contribution in [0, 0.1) is 5.82 Å². The van der Waals surface area contributed by atoms with Crippen molar-refractivity contribution in [3.63, 3.8) is 0 Å². The largest absolute Gasteiger partial charge is 0.480 e. The molecule has 1 aromatic heterocycles. The summed E-state index contributed by atoms with van der Waals surface area (Å²) in [4.78, 5) is 12.7. The Morgan fingerprint density at radius 2 is 2.18 bits per heavy atom. The second-order valence-corrected chi connectivity index (χ2v) is 5.65. The number of nitrogens with zero attached hydrogens (tertiary/aromatic N) is 2. The third-order valence-electron chi connectivity index (χ3n) is 4.16. The average Bonchev–Trinajstić information content (AvgIpc) is 2.97. The Kier molecular flexibility index (Phi) is 4.20. The molecular formula is C16H18FN3O2. The minimum Gasteiger partial charge on any atom is -0.480 e. The zero-order valence-corrected chi connectivity index (χ0v) is 12.1. The third kappa shape index (κ3) is 3.17. The number of hydrogen-bond acceptors (Lipinski definition) is 3. The van der Waals surface area contributed by atoms with E-state index in [4.69, 9.17) is 5.11 Å². The van der Waals surface area contributed by atoms with Gasteiger partial charge in [-0.3, -0.25) is 14.8 Å². The number of benzene rings is 1. The van der Waals surface area contributed by atoms with Gasteiger partial charge in [0, 0.05) is 17.2 Å². The Bertz CT molecular complexity index is 663. The number of carbonyl (C=O) groups is 1. The van der Waals surface area contributed by atoms with E-state index >= 15 is 0 Å². The Hall–Kier alpha value is -2.21. The van der Waals surface area contributed by atoms with Crippen molar-refractivity contribution < 1.29 is 14.3 Å². The molecule has 2 N–H and O–H groups in total. The number of carboxylic acid groups (broad SMARTS) is 1. The van der Waals surface area contributed by atoms with Crippen molar-refractivity contribution in [2.45, 2.75) is 18.8 Å². The fourth-order valence-corrected chi connectivity index (χ4v) is 3.06. The number of likely N-dealkylation sites (tertiary alicyclic amines) is 1. The maximum absolute atomic E-state index is 13.4. The van der Waals surface area contributed by atoms with E-state index in [0.29, 0.717) is 5.92 Å². The number of aliphatic carboxylic acids is 1. The predicted octanol–water partition coefficient (Wildman–Crippen LogP) is 2.48. The number of nitrogens with one attached hydrogen (secondary N) is 1. The molecule has 0 amide bonds. The first-order valence-electron chi connectivity index (χ1n) is 7.37. The Morgan fingerprint density at radius 3 is 2.86 bits per heavy atom. The van der Waals surface area contributed by atoms with Crippen molar-refractivity contribution in [2.24, 2.45) is 0 Å². The molecule has 0 aliphatic carbocycles. The highest BCUT2D eigenvalue weighted by molar-refractivity contribution is 5.69. The summed E-state index contributed by atoms with van der Waals surface area (Å²) in [5.41, 5.74) is 2.76. The SMILES string of the molecule is O=C(O)CN1CCC(c2[nH]ncc2-c2cccc(F)c2)CC1. The van der Waals surface area contributed by atoms with Gasteiger partial charge in [0.25, 0.3) is 0 Å². The van der Waals surface area contributed by atoms with Gasteiger partial charge in [-0.15, -0.1) is 0 Å². The number of aromatic nitrogens is 2. The molecule has 0 bridgehead atoms. The van der Waals surface area contributed by atoms with Crippen LogP contribution in [0.25, 0.3) is 11.1 Å². The quantitative estimate of drug-likeness (QED) is 0.910. The summed E-state index contributed by atoms with van der Waals surface area (Å²) in [5.74, 6) is -0.757. The average molecular weight is 303 g/mol. The molecule has 0 radical (unpaired) electrons. The highest BCUT2D eigenvalue weighted by Gasteiger charge is 2.25. The number of hydrogen-bond donors (Lipinski definition) is 2. The molecule has 22 heavy (non-hydrogen) atoms. The van der Waals surface area contributed by atoms with Crippen LogP contribution in [-0.4, -0.2) is 45.8 Å². The van der Waals surface area contributed by atoms with Crippen molar-refractivity contribution in [1.82, 2.24) is 15.1 Å². The number of aromatic amines is 1. The Balaban J connectivity index is 1.75. The second kappa shape index (κ2) is 6.27. The summed E-state index contributed by atoms with van der Waals surface area (Å²) in [5, 5.41) is 16.0. The van der Waals surface area contributed by atoms with Gasteiger partial charge in [-0.2, -0.15) is 5.10 Å². The number of halogens is 1. The molecule has 0 unspecified atom stereocenters. The van der Waals surface area contributed by atoms with E-state index in [1.165, 1.54) is 12.1 Å². The normalized spacial score (nSPS) is 16.8. The van der Waals surface area contributed by atoms with Crippen LogP contribution in [0.15, 0.2) is 30.5 Å². The van der Waals surface area contributed by atoms with Gasteiger partial charge < -0.3 is 5.11 Å². The van der Waals surface area contributed by atoms with Crippen molar-refractivity contribution >= 4 is 5.97 Å². The first-order chi connectivity index (χ1) is 10.6. The monoisotopic (exact) mass is 303 g/mol. The molecular weight excluding hydrogens is 285 g/mol. The van der Waals surface area contributed by atoms with Gasteiger partial charge in [0.15, 0.2) is 0 Å². The van der Waals surface area contributed by atoms with E-state index in [0.717, 1.165) is 42.8 Å². The maximum Gasteiger partial charge on any atom is 0.317 e. The van der Waals surface area contributed by atoms with E-state index in [-0.39, 0.29) is 12.4 Å². The number of carboxylic acids is 1. The molecule has 2 aromatic rings. The summed E-state index contributed by atoms with van der Waals surface area (Å²) < 4.78 is 13.4. The smallest absolute Gasteiger partial charge is 0.317 e. The fourth-order valence-electron chi connectivity index (χ4n) is 3.06. The van der Waals surface area contributed by atoms with Gasteiger partial charge in [-0.05, 0) is 43.6 Å². The fraction of sp³-hybridized carbons (Fsp3) is 0.375. The minimum absolute atomic E-state index is 0.0897.